The molecule has 0 bridgehead atoms. The zero-order valence-electron chi connectivity index (χ0n) is 13.6. The van der Waals surface area contributed by atoms with E-state index in [9.17, 15) is 4.39 Å². The van der Waals surface area contributed by atoms with Crippen molar-refractivity contribution in [2.24, 2.45) is 0 Å². The van der Waals surface area contributed by atoms with Gasteiger partial charge in [0.15, 0.2) is 0 Å². The third kappa shape index (κ3) is 4.95. The van der Waals surface area contributed by atoms with Crippen LogP contribution in [0.5, 0.6) is 0 Å². The molecule has 0 saturated heterocycles. The van der Waals surface area contributed by atoms with Crippen LogP contribution in [-0.4, -0.2) is 47.1 Å². The molecule has 0 fully saturated rings. The van der Waals surface area contributed by atoms with E-state index in [1.807, 2.05) is 20.0 Å². The van der Waals surface area contributed by atoms with Crippen LogP contribution in [0.2, 0.25) is 0 Å². The largest absolute Gasteiger partial charge is 0.383 e. The van der Waals surface area contributed by atoms with Crippen LogP contribution in [0.3, 0.4) is 0 Å². The standard InChI is InChI=1S/C16H27FN2O2/c1-12(11-21-5)19(8-9-20-4)16-7-6-14(17)10-15(16)13(2)18-3/h6-7,10,12-13,18H,8-9,11H2,1-5H3. The van der Waals surface area contributed by atoms with Crippen LogP contribution in [0.4, 0.5) is 10.1 Å². The quantitative estimate of drug-likeness (QED) is 0.760. The fraction of sp³-hybridized carbons (Fsp3) is 0.625. The Bertz CT molecular complexity index is 429. The lowest BCUT2D eigenvalue weighted by atomic mass is 10.0. The number of halogens is 1. The highest BCUT2D eigenvalue weighted by Crippen LogP contribution is 2.28. The maximum Gasteiger partial charge on any atom is 0.123 e. The van der Waals surface area contributed by atoms with Crippen LogP contribution in [0.1, 0.15) is 25.5 Å². The average Bonchev–Trinajstić information content (AvgIpc) is 2.48. The summed E-state index contributed by atoms with van der Waals surface area (Å²) in [5, 5.41) is 3.17. The lowest BCUT2D eigenvalue weighted by molar-refractivity contribution is 0.171. The third-order valence-electron chi connectivity index (χ3n) is 3.67. The first kappa shape index (κ1) is 17.9. The van der Waals surface area contributed by atoms with E-state index < -0.39 is 0 Å². The Morgan fingerprint density at radius 1 is 1.24 bits per heavy atom. The second-order valence-corrected chi connectivity index (χ2v) is 5.20. The molecule has 1 aromatic rings. The van der Waals surface area contributed by atoms with Crippen LogP contribution < -0.4 is 10.2 Å². The molecule has 0 aromatic heterocycles. The maximum absolute atomic E-state index is 13.6. The van der Waals surface area contributed by atoms with Crippen molar-refractivity contribution in [3.63, 3.8) is 0 Å². The van der Waals surface area contributed by atoms with Gasteiger partial charge in [0.05, 0.1) is 13.2 Å². The summed E-state index contributed by atoms with van der Waals surface area (Å²) in [6, 6.07) is 5.17. The number of hydrogen-bond donors (Lipinski definition) is 1. The summed E-state index contributed by atoms with van der Waals surface area (Å²) in [6.45, 7) is 6.06. The van der Waals surface area contributed by atoms with Crippen molar-refractivity contribution >= 4 is 5.69 Å². The molecule has 0 aliphatic rings. The average molecular weight is 298 g/mol. The molecule has 0 spiro atoms. The van der Waals surface area contributed by atoms with Gasteiger partial charge < -0.3 is 19.7 Å². The first-order chi connectivity index (χ1) is 10.0. The number of ether oxygens (including phenoxy) is 2. The molecule has 120 valence electrons. The molecule has 1 aromatic carbocycles. The van der Waals surface area contributed by atoms with E-state index >= 15 is 0 Å². The van der Waals surface area contributed by atoms with Gasteiger partial charge in [-0.15, -0.1) is 0 Å². The van der Waals surface area contributed by atoms with Crippen LogP contribution in [0, 0.1) is 5.82 Å². The molecule has 2 atom stereocenters. The smallest absolute Gasteiger partial charge is 0.123 e. The van der Waals surface area contributed by atoms with Crippen molar-refractivity contribution in [3.8, 4) is 0 Å². The van der Waals surface area contributed by atoms with E-state index in [0.29, 0.717) is 13.2 Å². The summed E-state index contributed by atoms with van der Waals surface area (Å²) >= 11 is 0. The van der Waals surface area contributed by atoms with Crippen molar-refractivity contribution < 1.29 is 13.9 Å². The molecule has 2 unspecified atom stereocenters. The number of nitrogens with zero attached hydrogens (tertiary/aromatic N) is 1. The highest BCUT2D eigenvalue weighted by Gasteiger charge is 2.20. The van der Waals surface area contributed by atoms with Crippen molar-refractivity contribution in [1.29, 1.82) is 0 Å². The summed E-state index contributed by atoms with van der Waals surface area (Å²) in [5.41, 5.74) is 1.96. The molecule has 0 heterocycles. The zero-order valence-corrected chi connectivity index (χ0v) is 13.6. The van der Waals surface area contributed by atoms with Crippen LogP contribution in [0.25, 0.3) is 0 Å². The van der Waals surface area contributed by atoms with Gasteiger partial charge in [0.2, 0.25) is 0 Å². The van der Waals surface area contributed by atoms with E-state index in [-0.39, 0.29) is 17.9 Å². The number of anilines is 1. The Balaban J connectivity index is 3.15. The third-order valence-corrected chi connectivity index (χ3v) is 3.67. The van der Waals surface area contributed by atoms with Crippen molar-refractivity contribution in [2.75, 3.05) is 45.9 Å². The van der Waals surface area contributed by atoms with Crippen molar-refractivity contribution in [3.05, 3.63) is 29.6 Å². The minimum absolute atomic E-state index is 0.0653. The van der Waals surface area contributed by atoms with Gasteiger partial charge in [0.1, 0.15) is 5.82 Å². The number of benzene rings is 1. The lowest BCUT2D eigenvalue weighted by Crippen LogP contribution is -2.39. The van der Waals surface area contributed by atoms with Gasteiger partial charge in [-0.25, -0.2) is 4.39 Å². The molecule has 0 aliphatic heterocycles. The predicted octanol–water partition coefficient (Wildman–Crippen LogP) is 2.59. The molecule has 21 heavy (non-hydrogen) atoms. The second kappa shape index (κ2) is 8.97. The Labute approximate surface area is 127 Å². The Hall–Kier alpha value is -1.17. The molecule has 0 radical (unpaired) electrons. The summed E-state index contributed by atoms with van der Waals surface area (Å²) in [5.74, 6) is -0.220. The Kier molecular flexibility index (Phi) is 7.64. The first-order valence-corrected chi connectivity index (χ1v) is 7.26. The molecule has 5 heteroatoms. The first-order valence-electron chi connectivity index (χ1n) is 7.26. The van der Waals surface area contributed by atoms with Crippen LogP contribution >= 0.6 is 0 Å². The van der Waals surface area contributed by atoms with Crippen LogP contribution in [-0.2, 0) is 9.47 Å². The van der Waals surface area contributed by atoms with E-state index in [1.54, 1.807) is 20.3 Å². The number of rotatable bonds is 9. The van der Waals surface area contributed by atoms with E-state index in [1.165, 1.54) is 6.07 Å². The van der Waals surface area contributed by atoms with E-state index in [0.717, 1.165) is 17.8 Å². The summed E-state index contributed by atoms with van der Waals surface area (Å²) in [7, 11) is 5.24. The lowest BCUT2D eigenvalue weighted by Gasteiger charge is -2.33. The molecule has 0 amide bonds. The highest BCUT2D eigenvalue weighted by atomic mass is 19.1. The fourth-order valence-corrected chi connectivity index (χ4v) is 2.39. The van der Waals surface area contributed by atoms with Crippen molar-refractivity contribution in [1.82, 2.24) is 5.32 Å². The van der Waals surface area contributed by atoms with Crippen LogP contribution in [0.15, 0.2) is 18.2 Å². The molecule has 4 nitrogen and oxygen atoms in total. The zero-order chi connectivity index (χ0) is 15.8. The molecular weight excluding hydrogens is 271 g/mol. The molecule has 1 rings (SSSR count). The minimum atomic E-state index is -0.220. The molecule has 0 aliphatic carbocycles. The Morgan fingerprint density at radius 3 is 2.52 bits per heavy atom. The highest BCUT2D eigenvalue weighted by molar-refractivity contribution is 5.56. The van der Waals surface area contributed by atoms with Gasteiger partial charge in [0, 0.05) is 38.5 Å². The number of methoxy groups -OCH3 is 2. The molecule has 1 N–H and O–H groups in total. The van der Waals surface area contributed by atoms with Gasteiger partial charge in [-0.05, 0) is 44.7 Å². The van der Waals surface area contributed by atoms with E-state index in [4.69, 9.17) is 9.47 Å². The van der Waals surface area contributed by atoms with Gasteiger partial charge in [0.25, 0.3) is 0 Å². The molecular formula is C16H27FN2O2. The molecule has 0 saturated carbocycles. The number of hydrogen-bond acceptors (Lipinski definition) is 4. The van der Waals surface area contributed by atoms with Gasteiger partial charge in [-0.2, -0.15) is 0 Å². The predicted molar refractivity (Wildman–Crippen MR) is 84.4 cm³/mol. The van der Waals surface area contributed by atoms with Gasteiger partial charge in [-0.1, -0.05) is 0 Å². The monoisotopic (exact) mass is 298 g/mol. The second-order valence-electron chi connectivity index (χ2n) is 5.20. The number of nitrogens with one attached hydrogen (secondary N) is 1. The SMILES string of the molecule is CNC(C)c1cc(F)ccc1N(CCOC)C(C)COC. The normalized spacial score (nSPS) is 14.0. The topological polar surface area (TPSA) is 33.7 Å². The summed E-state index contributed by atoms with van der Waals surface area (Å²) in [6.07, 6.45) is 0. The summed E-state index contributed by atoms with van der Waals surface area (Å²) < 4.78 is 24.1. The fourth-order valence-electron chi connectivity index (χ4n) is 2.39. The van der Waals surface area contributed by atoms with Crippen molar-refractivity contribution in [2.45, 2.75) is 25.9 Å². The van der Waals surface area contributed by atoms with Gasteiger partial charge in [-0.3, -0.25) is 0 Å². The summed E-state index contributed by atoms with van der Waals surface area (Å²) in [4.78, 5) is 2.20. The minimum Gasteiger partial charge on any atom is -0.383 e. The van der Waals surface area contributed by atoms with Gasteiger partial charge >= 0.3 is 0 Å². The Morgan fingerprint density at radius 2 is 1.95 bits per heavy atom. The maximum atomic E-state index is 13.6. The van der Waals surface area contributed by atoms with E-state index in [2.05, 4.69) is 17.1 Å².